The molecule has 0 spiro atoms. The number of aryl methyl sites for hydroxylation is 1. The van der Waals surface area contributed by atoms with E-state index in [2.05, 4.69) is 20.1 Å². The molecule has 1 aliphatic rings. The number of anilines is 1. The van der Waals surface area contributed by atoms with Gasteiger partial charge in [-0.05, 0) is 25.0 Å². The van der Waals surface area contributed by atoms with E-state index in [0.29, 0.717) is 28.5 Å². The third kappa shape index (κ3) is 4.19. The number of nitrogens with zero attached hydrogens (tertiary/aromatic N) is 3. The van der Waals surface area contributed by atoms with Crippen molar-refractivity contribution >= 4 is 11.6 Å². The summed E-state index contributed by atoms with van der Waals surface area (Å²) in [4.78, 5) is 13.0. The fourth-order valence-electron chi connectivity index (χ4n) is 3.84. The highest BCUT2D eigenvalue weighted by atomic mass is 16.5. The summed E-state index contributed by atoms with van der Waals surface area (Å²) in [6.45, 7) is 0.914. The quantitative estimate of drug-likeness (QED) is 0.647. The van der Waals surface area contributed by atoms with Gasteiger partial charge in [-0.1, -0.05) is 18.6 Å². The van der Waals surface area contributed by atoms with Crippen LogP contribution >= 0.6 is 0 Å². The fraction of sp³-hybridized carbons (Fsp3) is 0.348. The standard InChI is InChI=1S/C23H26N4O4/c1-29-18-14-20(31-3)19(30-2)13-17(18)23(28)24-16-9-7-8-15(12-16)22-26-25-21-10-5-4-6-11-27(21)22/h7-9,12-14H,4-6,10-11H2,1-3H3,(H,24,28). The number of methoxy groups -OCH3 is 3. The van der Waals surface area contributed by atoms with Gasteiger partial charge in [0.05, 0.1) is 26.9 Å². The molecule has 2 heterocycles. The lowest BCUT2D eigenvalue weighted by Crippen LogP contribution is -2.14. The lowest BCUT2D eigenvalue weighted by molar-refractivity contribution is 0.102. The fourth-order valence-corrected chi connectivity index (χ4v) is 3.84. The van der Waals surface area contributed by atoms with Gasteiger partial charge in [0.2, 0.25) is 0 Å². The van der Waals surface area contributed by atoms with Crippen molar-refractivity contribution in [3.8, 4) is 28.6 Å². The molecule has 0 aliphatic carbocycles. The Morgan fingerprint density at radius 3 is 2.48 bits per heavy atom. The van der Waals surface area contributed by atoms with Crippen molar-refractivity contribution in [3.63, 3.8) is 0 Å². The molecule has 162 valence electrons. The van der Waals surface area contributed by atoms with Crippen molar-refractivity contribution < 1.29 is 19.0 Å². The maximum atomic E-state index is 13.0. The first-order valence-electron chi connectivity index (χ1n) is 10.3. The SMILES string of the molecule is COc1cc(OC)c(C(=O)Nc2cccc(-c3nnc4n3CCCCC4)c2)cc1OC. The number of ether oxygens (including phenoxy) is 3. The largest absolute Gasteiger partial charge is 0.496 e. The van der Waals surface area contributed by atoms with Crippen molar-refractivity contribution in [1.82, 2.24) is 14.8 Å². The van der Waals surface area contributed by atoms with Gasteiger partial charge in [0.25, 0.3) is 5.91 Å². The summed E-state index contributed by atoms with van der Waals surface area (Å²) in [6, 6.07) is 10.9. The molecule has 0 bridgehead atoms. The number of rotatable bonds is 6. The Morgan fingerprint density at radius 1 is 0.935 bits per heavy atom. The molecule has 0 atom stereocenters. The number of hydrogen-bond acceptors (Lipinski definition) is 6. The second-order valence-corrected chi connectivity index (χ2v) is 7.34. The van der Waals surface area contributed by atoms with E-state index < -0.39 is 0 Å². The highest BCUT2D eigenvalue weighted by Crippen LogP contribution is 2.35. The molecule has 0 saturated carbocycles. The molecule has 1 aliphatic heterocycles. The van der Waals surface area contributed by atoms with E-state index in [1.165, 1.54) is 27.8 Å². The predicted octanol–water partition coefficient (Wildman–Crippen LogP) is 3.95. The Bertz CT molecular complexity index is 1090. The number of amides is 1. The Hall–Kier alpha value is -3.55. The smallest absolute Gasteiger partial charge is 0.259 e. The van der Waals surface area contributed by atoms with Gasteiger partial charge < -0.3 is 24.1 Å². The summed E-state index contributed by atoms with van der Waals surface area (Å²) < 4.78 is 18.2. The average molecular weight is 422 g/mol. The van der Waals surface area contributed by atoms with Crippen molar-refractivity contribution in [1.29, 1.82) is 0 Å². The normalized spacial score (nSPS) is 13.1. The van der Waals surface area contributed by atoms with Crippen LogP contribution in [0.3, 0.4) is 0 Å². The van der Waals surface area contributed by atoms with E-state index >= 15 is 0 Å². The number of aromatic nitrogens is 3. The predicted molar refractivity (Wildman–Crippen MR) is 117 cm³/mol. The van der Waals surface area contributed by atoms with Crippen molar-refractivity contribution in [2.24, 2.45) is 0 Å². The highest BCUT2D eigenvalue weighted by molar-refractivity contribution is 6.07. The van der Waals surface area contributed by atoms with Crippen LogP contribution < -0.4 is 19.5 Å². The van der Waals surface area contributed by atoms with E-state index in [4.69, 9.17) is 14.2 Å². The van der Waals surface area contributed by atoms with Crippen LogP contribution in [0.4, 0.5) is 5.69 Å². The van der Waals surface area contributed by atoms with Crippen LogP contribution in [0.2, 0.25) is 0 Å². The number of hydrogen-bond donors (Lipinski definition) is 1. The third-order valence-corrected chi connectivity index (χ3v) is 5.44. The molecule has 8 heteroatoms. The molecular formula is C23H26N4O4. The molecule has 1 aromatic heterocycles. The molecule has 1 N–H and O–H groups in total. The van der Waals surface area contributed by atoms with Gasteiger partial charge in [-0.15, -0.1) is 10.2 Å². The van der Waals surface area contributed by atoms with Gasteiger partial charge >= 0.3 is 0 Å². The minimum Gasteiger partial charge on any atom is -0.496 e. The van der Waals surface area contributed by atoms with Gasteiger partial charge in [-0.3, -0.25) is 4.79 Å². The van der Waals surface area contributed by atoms with Crippen LogP contribution in [0, 0.1) is 0 Å². The second kappa shape index (κ2) is 9.07. The van der Waals surface area contributed by atoms with Crippen molar-refractivity contribution in [2.45, 2.75) is 32.2 Å². The highest BCUT2D eigenvalue weighted by Gasteiger charge is 2.19. The van der Waals surface area contributed by atoms with Crippen LogP contribution in [0.1, 0.15) is 35.4 Å². The van der Waals surface area contributed by atoms with Crippen LogP contribution in [0.5, 0.6) is 17.2 Å². The van der Waals surface area contributed by atoms with Gasteiger partial charge in [0, 0.05) is 36.3 Å². The van der Waals surface area contributed by atoms with Crippen molar-refractivity contribution in [2.75, 3.05) is 26.6 Å². The molecule has 0 fully saturated rings. The number of nitrogens with one attached hydrogen (secondary N) is 1. The monoisotopic (exact) mass is 422 g/mol. The molecule has 31 heavy (non-hydrogen) atoms. The van der Waals surface area contributed by atoms with Gasteiger partial charge in [-0.25, -0.2) is 0 Å². The van der Waals surface area contributed by atoms with E-state index in [1.807, 2.05) is 24.3 Å². The average Bonchev–Trinajstić information content (AvgIpc) is 3.06. The first-order valence-corrected chi connectivity index (χ1v) is 10.3. The van der Waals surface area contributed by atoms with Gasteiger partial charge in [0.15, 0.2) is 17.3 Å². The Labute approximate surface area is 181 Å². The van der Waals surface area contributed by atoms with Crippen LogP contribution in [0.15, 0.2) is 36.4 Å². The van der Waals surface area contributed by atoms with E-state index in [-0.39, 0.29) is 5.91 Å². The Balaban J connectivity index is 1.62. The molecule has 0 saturated heterocycles. The van der Waals surface area contributed by atoms with E-state index in [1.54, 1.807) is 12.1 Å². The molecule has 1 amide bonds. The molecule has 8 nitrogen and oxygen atoms in total. The molecule has 4 rings (SSSR count). The Morgan fingerprint density at radius 2 is 1.71 bits per heavy atom. The summed E-state index contributed by atoms with van der Waals surface area (Å²) in [6.07, 6.45) is 4.41. The van der Waals surface area contributed by atoms with Gasteiger partial charge in [0.1, 0.15) is 11.6 Å². The molecule has 3 aromatic rings. The van der Waals surface area contributed by atoms with E-state index in [0.717, 1.165) is 43.0 Å². The topological polar surface area (TPSA) is 87.5 Å². The van der Waals surface area contributed by atoms with Crippen LogP contribution in [-0.2, 0) is 13.0 Å². The minimum absolute atomic E-state index is 0.310. The minimum atomic E-state index is -0.310. The number of benzene rings is 2. The number of carbonyl (C=O) groups is 1. The first kappa shape index (κ1) is 20.7. The first-order chi connectivity index (χ1) is 15.1. The molecule has 0 radical (unpaired) electrons. The molecule has 2 aromatic carbocycles. The zero-order valence-electron chi connectivity index (χ0n) is 18.0. The summed E-state index contributed by atoms with van der Waals surface area (Å²) >= 11 is 0. The zero-order chi connectivity index (χ0) is 21.8. The molecular weight excluding hydrogens is 396 g/mol. The maximum Gasteiger partial charge on any atom is 0.259 e. The lowest BCUT2D eigenvalue weighted by atomic mass is 10.1. The van der Waals surface area contributed by atoms with Crippen LogP contribution in [0.25, 0.3) is 11.4 Å². The van der Waals surface area contributed by atoms with Crippen molar-refractivity contribution in [3.05, 3.63) is 47.8 Å². The summed E-state index contributed by atoms with van der Waals surface area (Å²) in [5, 5.41) is 11.7. The molecule has 0 unspecified atom stereocenters. The third-order valence-electron chi connectivity index (χ3n) is 5.44. The zero-order valence-corrected chi connectivity index (χ0v) is 18.0. The summed E-state index contributed by atoms with van der Waals surface area (Å²) in [5.74, 6) is 2.89. The summed E-state index contributed by atoms with van der Waals surface area (Å²) in [7, 11) is 4.57. The Kier molecular flexibility index (Phi) is 6.06. The van der Waals surface area contributed by atoms with E-state index in [9.17, 15) is 4.79 Å². The lowest BCUT2D eigenvalue weighted by Gasteiger charge is -2.14. The van der Waals surface area contributed by atoms with Gasteiger partial charge in [-0.2, -0.15) is 0 Å². The maximum absolute atomic E-state index is 13.0. The summed E-state index contributed by atoms with van der Waals surface area (Å²) in [5.41, 5.74) is 1.92. The number of carbonyl (C=O) groups excluding carboxylic acids is 1. The second-order valence-electron chi connectivity index (χ2n) is 7.34. The number of fused-ring (bicyclic) bond motifs is 1. The van der Waals surface area contributed by atoms with Crippen LogP contribution in [-0.4, -0.2) is 42.0 Å².